The molecule has 3 rings (SSSR count). The number of hydrogen-bond acceptors (Lipinski definition) is 6. The van der Waals surface area contributed by atoms with Crippen LogP contribution in [0.4, 0.5) is 5.69 Å². The Morgan fingerprint density at radius 1 is 1.06 bits per heavy atom. The third-order valence-corrected chi connectivity index (χ3v) is 7.18. The summed E-state index contributed by atoms with van der Waals surface area (Å²) in [5.41, 5.74) is 1.43. The summed E-state index contributed by atoms with van der Waals surface area (Å²) in [7, 11) is 3.14. The van der Waals surface area contributed by atoms with Gasteiger partial charge in [-0.2, -0.15) is 0 Å². The third kappa shape index (κ3) is 6.88. The number of carbonyl (C=O) groups excluding carboxylic acids is 2. The molecule has 6 nitrogen and oxygen atoms in total. The highest BCUT2D eigenvalue weighted by molar-refractivity contribution is 8.26. The number of halogens is 2. The van der Waals surface area contributed by atoms with Crippen molar-refractivity contribution in [3.05, 3.63) is 56.9 Å². The van der Waals surface area contributed by atoms with Gasteiger partial charge in [0.05, 0.1) is 29.2 Å². The Kier molecular flexibility index (Phi) is 9.64. The van der Waals surface area contributed by atoms with Gasteiger partial charge in [0.1, 0.15) is 4.32 Å². The number of anilines is 1. The van der Waals surface area contributed by atoms with Crippen LogP contribution in [0.2, 0.25) is 10.0 Å². The number of carbonyl (C=O) groups is 2. The number of rotatable bonds is 10. The number of thiocarbonyl (C=S) groups is 1. The predicted octanol–water partition coefficient (Wildman–Crippen LogP) is 6.41. The Hall–Kier alpha value is -2.26. The summed E-state index contributed by atoms with van der Waals surface area (Å²) in [5.74, 6) is 1.01. The fourth-order valence-corrected chi connectivity index (χ4v) is 4.92. The third-order valence-electron chi connectivity index (χ3n) is 5.07. The molecule has 34 heavy (non-hydrogen) atoms. The van der Waals surface area contributed by atoms with Gasteiger partial charge in [0.15, 0.2) is 11.5 Å². The Bertz CT molecular complexity index is 1120. The fourth-order valence-electron chi connectivity index (χ4n) is 3.32. The summed E-state index contributed by atoms with van der Waals surface area (Å²) in [6.07, 6.45) is 4.41. The van der Waals surface area contributed by atoms with E-state index in [9.17, 15) is 9.59 Å². The van der Waals surface area contributed by atoms with Crippen LogP contribution in [-0.2, 0) is 9.59 Å². The van der Waals surface area contributed by atoms with Crippen molar-refractivity contribution in [2.75, 3.05) is 26.1 Å². The molecule has 10 heteroatoms. The quantitative estimate of drug-likeness (QED) is 0.214. The average molecular weight is 540 g/mol. The summed E-state index contributed by atoms with van der Waals surface area (Å²) in [5, 5.41) is 3.64. The molecule has 2 amide bonds. The second-order valence-corrected chi connectivity index (χ2v) is 9.93. The Labute approximate surface area is 218 Å². The number of unbranched alkanes of at least 4 members (excludes halogenated alkanes) is 2. The zero-order valence-electron chi connectivity index (χ0n) is 18.7. The van der Waals surface area contributed by atoms with Crippen LogP contribution in [0.3, 0.4) is 0 Å². The van der Waals surface area contributed by atoms with Gasteiger partial charge in [0, 0.05) is 18.7 Å². The van der Waals surface area contributed by atoms with E-state index < -0.39 is 0 Å². The summed E-state index contributed by atoms with van der Waals surface area (Å²) in [6, 6.07) is 10.4. The van der Waals surface area contributed by atoms with Gasteiger partial charge in [0.25, 0.3) is 5.91 Å². The smallest absolute Gasteiger partial charge is 0.266 e. The van der Waals surface area contributed by atoms with Crippen LogP contribution in [0.1, 0.15) is 31.2 Å². The second-order valence-electron chi connectivity index (χ2n) is 7.44. The van der Waals surface area contributed by atoms with Gasteiger partial charge in [-0.1, -0.05) is 59.7 Å². The van der Waals surface area contributed by atoms with Crippen molar-refractivity contribution < 1.29 is 19.1 Å². The van der Waals surface area contributed by atoms with Crippen molar-refractivity contribution >= 4 is 75.1 Å². The van der Waals surface area contributed by atoms with Crippen LogP contribution in [-0.4, -0.2) is 41.8 Å². The van der Waals surface area contributed by atoms with Crippen LogP contribution in [0.15, 0.2) is 41.3 Å². The monoisotopic (exact) mass is 538 g/mol. The first-order valence-electron chi connectivity index (χ1n) is 10.5. The lowest BCUT2D eigenvalue weighted by molar-refractivity contribution is -0.122. The maximum atomic E-state index is 12.8. The van der Waals surface area contributed by atoms with E-state index >= 15 is 0 Å². The van der Waals surface area contributed by atoms with Crippen molar-refractivity contribution in [2.45, 2.75) is 25.7 Å². The normalized spacial score (nSPS) is 14.6. The molecule has 0 atom stereocenters. The first-order valence-corrected chi connectivity index (χ1v) is 12.5. The number of nitrogens with one attached hydrogen (secondary N) is 1. The van der Waals surface area contributed by atoms with E-state index in [-0.39, 0.29) is 11.8 Å². The maximum Gasteiger partial charge on any atom is 0.266 e. The van der Waals surface area contributed by atoms with E-state index in [2.05, 4.69) is 5.32 Å². The van der Waals surface area contributed by atoms with Crippen molar-refractivity contribution in [3.8, 4) is 11.5 Å². The largest absolute Gasteiger partial charge is 0.493 e. The van der Waals surface area contributed by atoms with Crippen LogP contribution in [0.5, 0.6) is 11.5 Å². The van der Waals surface area contributed by atoms with Crippen LogP contribution in [0.25, 0.3) is 6.08 Å². The fraction of sp³-hybridized carbons (Fsp3) is 0.292. The first kappa shape index (κ1) is 26.3. The highest BCUT2D eigenvalue weighted by Gasteiger charge is 2.31. The lowest BCUT2D eigenvalue weighted by Gasteiger charge is -2.14. The number of hydrogen-bond donors (Lipinski definition) is 1. The zero-order chi connectivity index (χ0) is 24.7. The van der Waals surface area contributed by atoms with E-state index in [1.165, 1.54) is 11.8 Å². The molecule has 180 valence electrons. The highest BCUT2D eigenvalue weighted by atomic mass is 35.5. The first-order chi connectivity index (χ1) is 16.3. The van der Waals surface area contributed by atoms with Crippen molar-refractivity contribution in [2.24, 2.45) is 0 Å². The lowest BCUT2D eigenvalue weighted by atomic mass is 10.1. The van der Waals surface area contributed by atoms with E-state index in [0.29, 0.717) is 55.8 Å². The SMILES string of the molecule is COc1ccc(C=C2SC(=S)N(CCCCCC(=O)Nc3ccc(Cl)c(Cl)c3)C2=O)cc1OC. The number of benzene rings is 2. The van der Waals surface area contributed by atoms with E-state index in [4.69, 9.17) is 44.9 Å². The molecule has 0 unspecified atom stereocenters. The summed E-state index contributed by atoms with van der Waals surface area (Å²) < 4.78 is 11.1. The molecule has 0 spiro atoms. The molecule has 1 N–H and O–H groups in total. The van der Waals surface area contributed by atoms with Crippen LogP contribution < -0.4 is 14.8 Å². The molecule has 1 fully saturated rings. The molecule has 0 aromatic heterocycles. The van der Waals surface area contributed by atoms with Crippen molar-refractivity contribution in [1.82, 2.24) is 4.90 Å². The average Bonchev–Trinajstić information content (AvgIpc) is 3.08. The Morgan fingerprint density at radius 2 is 1.82 bits per heavy atom. The van der Waals surface area contributed by atoms with Crippen molar-refractivity contribution in [3.63, 3.8) is 0 Å². The predicted molar refractivity (Wildman–Crippen MR) is 143 cm³/mol. The minimum atomic E-state index is -0.109. The molecular weight excluding hydrogens is 515 g/mol. The highest BCUT2D eigenvalue weighted by Crippen LogP contribution is 2.35. The molecule has 2 aromatic rings. The molecule has 2 aromatic carbocycles. The molecule has 1 saturated heterocycles. The van der Waals surface area contributed by atoms with Gasteiger partial charge in [-0.05, 0) is 54.8 Å². The molecule has 0 radical (unpaired) electrons. The second kappa shape index (κ2) is 12.4. The van der Waals surface area contributed by atoms with Crippen LogP contribution >= 0.6 is 47.2 Å². The number of ether oxygens (including phenoxy) is 2. The molecule has 1 aliphatic heterocycles. The minimum absolute atomic E-state index is 0.0955. The number of methoxy groups -OCH3 is 2. The number of nitrogens with zero attached hydrogens (tertiary/aromatic N) is 1. The molecular formula is C24H24Cl2N2O4S2. The summed E-state index contributed by atoms with van der Waals surface area (Å²) >= 11 is 18.5. The van der Waals surface area contributed by atoms with E-state index in [0.717, 1.165) is 18.4 Å². The van der Waals surface area contributed by atoms with Crippen molar-refractivity contribution in [1.29, 1.82) is 0 Å². The summed E-state index contributed by atoms with van der Waals surface area (Å²) in [6.45, 7) is 0.516. The Morgan fingerprint density at radius 3 is 2.53 bits per heavy atom. The minimum Gasteiger partial charge on any atom is -0.493 e. The topological polar surface area (TPSA) is 67.9 Å². The lowest BCUT2D eigenvalue weighted by Crippen LogP contribution is -2.29. The van der Waals surface area contributed by atoms with E-state index in [1.807, 2.05) is 12.1 Å². The number of thioether (sulfide) groups is 1. The van der Waals surface area contributed by atoms with Gasteiger partial charge < -0.3 is 14.8 Å². The van der Waals surface area contributed by atoms with Gasteiger partial charge in [-0.25, -0.2) is 0 Å². The standard InChI is InChI=1S/C24H24Cl2N2O4S2/c1-31-19-10-7-15(12-20(19)32-2)13-21-23(30)28(24(33)34-21)11-5-3-4-6-22(29)27-16-8-9-17(25)18(26)14-16/h7-10,12-14H,3-6,11H2,1-2H3,(H,27,29). The zero-order valence-corrected chi connectivity index (χ0v) is 21.9. The summed E-state index contributed by atoms with van der Waals surface area (Å²) in [4.78, 5) is 27.1. The van der Waals surface area contributed by atoms with E-state index in [1.54, 1.807) is 49.5 Å². The van der Waals surface area contributed by atoms with Crippen LogP contribution in [0, 0.1) is 0 Å². The molecule has 0 aliphatic carbocycles. The molecule has 1 heterocycles. The number of amides is 2. The maximum absolute atomic E-state index is 12.8. The molecule has 1 aliphatic rings. The van der Waals surface area contributed by atoms with Gasteiger partial charge in [-0.15, -0.1) is 0 Å². The van der Waals surface area contributed by atoms with Gasteiger partial charge >= 0.3 is 0 Å². The van der Waals surface area contributed by atoms with Gasteiger partial charge in [0.2, 0.25) is 5.91 Å². The molecule has 0 bridgehead atoms. The Balaban J connectivity index is 1.46. The molecule has 0 saturated carbocycles. The van der Waals surface area contributed by atoms with Gasteiger partial charge in [-0.3, -0.25) is 14.5 Å².